The first-order valence-corrected chi connectivity index (χ1v) is 8.67. The Morgan fingerprint density at radius 2 is 1.68 bits per heavy atom. The van der Waals surface area contributed by atoms with Crippen LogP contribution < -0.4 is 10.2 Å². The van der Waals surface area contributed by atoms with Crippen LogP contribution in [0.1, 0.15) is 28.9 Å². The second-order valence-corrected chi connectivity index (χ2v) is 6.59. The number of anilines is 1. The molecule has 1 heterocycles. The highest BCUT2D eigenvalue weighted by atomic mass is 16.3. The number of aromatic hydroxyl groups is 1. The highest BCUT2D eigenvalue weighted by molar-refractivity contribution is 5.96. The van der Waals surface area contributed by atoms with E-state index < -0.39 is 0 Å². The third-order valence-electron chi connectivity index (χ3n) is 4.76. The Labute approximate surface area is 148 Å². The van der Waals surface area contributed by atoms with Crippen molar-refractivity contribution in [3.63, 3.8) is 0 Å². The molecule has 132 valence electrons. The van der Waals surface area contributed by atoms with Crippen LogP contribution in [-0.4, -0.2) is 49.1 Å². The monoisotopic (exact) mass is 339 g/mol. The van der Waals surface area contributed by atoms with E-state index in [1.54, 1.807) is 18.2 Å². The van der Waals surface area contributed by atoms with Crippen LogP contribution in [0.2, 0.25) is 0 Å². The Bertz CT molecular complexity index is 722. The molecule has 0 bridgehead atoms. The van der Waals surface area contributed by atoms with Gasteiger partial charge in [0.2, 0.25) is 0 Å². The third-order valence-corrected chi connectivity index (χ3v) is 4.76. The van der Waals surface area contributed by atoms with E-state index in [9.17, 15) is 9.90 Å². The molecule has 5 nitrogen and oxygen atoms in total. The molecule has 1 amide bonds. The highest BCUT2D eigenvalue weighted by Crippen LogP contribution is 2.22. The van der Waals surface area contributed by atoms with E-state index in [0.717, 1.165) is 31.7 Å². The Balaban J connectivity index is 1.64. The Morgan fingerprint density at radius 3 is 2.32 bits per heavy atom. The number of carbonyl (C=O) groups excluding carboxylic acids is 1. The zero-order chi connectivity index (χ0) is 17.8. The maximum Gasteiger partial charge on any atom is 0.255 e. The molecule has 1 atom stereocenters. The Kier molecular flexibility index (Phi) is 5.24. The number of nitrogens with one attached hydrogen (secondary N) is 1. The van der Waals surface area contributed by atoms with Crippen LogP contribution >= 0.6 is 0 Å². The number of phenols is 1. The maximum absolute atomic E-state index is 12.3. The minimum Gasteiger partial charge on any atom is -0.507 e. The van der Waals surface area contributed by atoms with Gasteiger partial charge in [-0.15, -0.1) is 0 Å². The van der Waals surface area contributed by atoms with Gasteiger partial charge in [-0.3, -0.25) is 4.79 Å². The minimum absolute atomic E-state index is 0.00221. The molecule has 2 N–H and O–H groups in total. The van der Waals surface area contributed by atoms with Crippen molar-refractivity contribution in [3.05, 3.63) is 59.7 Å². The van der Waals surface area contributed by atoms with Gasteiger partial charge in [-0.25, -0.2) is 0 Å². The average molecular weight is 339 g/mol. The van der Waals surface area contributed by atoms with Crippen LogP contribution in [0.4, 0.5) is 5.69 Å². The number of rotatable bonds is 4. The zero-order valence-electron chi connectivity index (χ0n) is 14.8. The van der Waals surface area contributed by atoms with E-state index in [2.05, 4.69) is 46.4 Å². The van der Waals surface area contributed by atoms with E-state index >= 15 is 0 Å². The van der Waals surface area contributed by atoms with Crippen LogP contribution in [0.5, 0.6) is 5.75 Å². The van der Waals surface area contributed by atoms with Gasteiger partial charge in [0.1, 0.15) is 5.75 Å². The van der Waals surface area contributed by atoms with Crippen LogP contribution in [0.15, 0.2) is 48.5 Å². The van der Waals surface area contributed by atoms with Crippen molar-refractivity contribution in [2.24, 2.45) is 0 Å². The fourth-order valence-electron chi connectivity index (χ4n) is 3.06. The van der Waals surface area contributed by atoms with Gasteiger partial charge < -0.3 is 20.2 Å². The van der Waals surface area contributed by atoms with Gasteiger partial charge in [0.05, 0.1) is 11.6 Å². The summed E-state index contributed by atoms with van der Waals surface area (Å²) in [6, 6.07) is 14.8. The van der Waals surface area contributed by atoms with Crippen LogP contribution in [0.25, 0.3) is 0 Å². The zero-order valence-corrected chi connectivity index (χ0v) is 14.8. The summed E-state index contributed by atoms with van der Waals surface area (Å²) in [4.78, 5) is 17.0. The summed E-state index contributed by atoms with van der Waals surface area (Å²) in [6.45, 7) is 6.18. The van der Waals surface area contributed by atoms with Crippen molar-refractivity contribution in [1.29, 1.82) is 0 Å². The van der Waals surface area contributed by atoms with Crippen molar-refractivity contribution >= 4 is 11.6 Å². The molecule has 0 spiro atoms. The van der Waals surface area contributed by atoms with Crippen molar-refractivity contribution in [1.82, 2.24) is 10.2 Å². The van der Waals surface area contributed by atoms with Gasteiger partial charge in [-0.1, -0.05) is 24.3 Å². The second-order valence-electron chi connectivity index (χ2n) is 6.59. The lowest BCUT2D eigenvalue weighted by Crippen LogP contribution is -2.44. The van der Waals surface area contributed by atoms with E-state index in [-0.39, 0.29) is 17.7 Å². The lowest BCUT2D eigenvalue weighted by Gasteiger charge is -2.34. The number of para-hydroxylation sites is 1. The summed E-state index contributed by atoms with van der Waals surface area (Å²) in [5, 5.41) is 12.7. The SMILES string of the molecule is CC(NC(=O)c1ccccc1O)c1ccc(N2CCN(C)CC2)cc1. The van der Waals surface area contributed by atoms with Crippen molar-refractivity contribution in [2.45, 2.75) is 13.0 Å². The molecular weight excluding hydrogens is 314 g/mol. The standard InChI is InChI=1S/C20H25N3O2/c1-15(21-20(25)18-5-3-4-6-19(18)24)16-7-9-17(10-8-16)23-13-11-22(2)12-14-23/h3-10,15,24H,11-14H2,1-2H3,(H,21,25). The Morgan fingerprint density at radius 1 is 1.04 bits per heavy atom. The van der Waals surface area contributed by atoms with Crippen LogP contribution in [-0.2, 0) is 0 Å². The molecule has 0 aliphatic carbocycles. The molecule has 2 aromatic carbocycles. The number of hydrogen-bond acceptors (Lipinski definition) is 4. The Hall–Kier alpha value is -2.53. The smallest absolute Gasteiger partial charge is 0.255 e. The van der Waals surface area contributed by atoms with Crippen molar-refractivity contribution in [2.75, 3.05) is 38.1 Å². The highest BCUT2D eigenvalue weighted by Gasteiger charge is 2.16. The lowest BCUT2D eigenvalue weighted by atomic mass is 10.1. The van der Waals surface area contributed by atoms with Gasteiger partial charge in [-0.05, 0) is 43.8 Å². The molecule has 1 saturated heterocycles. The number of amides is 1. The summed E-state index contributed by atoms with van der Waals surface area (Å²) < 4.78 is 0. The molecule has 5 heteroatoms. The van der Waals surface area contributed by atoms with Gasteiger partial charge in [0.25, 0.3) is 5.91 Å². The van der Waals surface area contributed by atoms with Gasteiger partial charge in [0.15, 0.2) is 0 Å². The lowest BCUT2D eigenvalue weighted by molar-refractivity contribution is 0.0937. The third kappa shape index (κ3) is 4.12. The van der Waals surface area contributed by atoms with Crippen molar-refractivity contribution in [3.8, 4) is 5.75 Å². The number of hydrogen-bond donors (Lipinski definition) is 2. The molecule has 25 heavy (non-hydrogen) atoms. The van der Waals surface area contributed by atoms with Gasteiger partial charge in [0, 0.05) is 31.9 Å². The first kappa shape index (κ1) is 17.3. The topological polar surface area (TPSA) is 55.8 Å². The van der Waals surface area contributed by atoms with E-state index in [0.29, 0.717) is 5.56 Å². The fraction of sp³-hybridized carbons (Fsp3) is 0.350. The minimum atomic E-state index is -0.270. The first-order chi connectivity index (χ1) is 12.0. The van der Waals surface area contributed by atoms with Crippen molar-refractivity contribution < 1.29 is 9.90 Å². The number of benzene rings is 2. The van der Waals surface area contributed by atoms with Gasteiger partial charge >= 0.3 is 0 Å². The van der Waals surface area contributed by atoms with E-state index in [4.69, 9.17) is 0 Å². The summed E-state index contributed by atoms with van der Waals surface area (Å²) in [7, 11) is 2.15. The molecule has 0 radical (unpaired) electrons. The summed E-state index contributed by atoms with van der Waals surface area (Å²) >= 11 is 0. The molecule has 1 aliphatic heterocycles. The molecular formula is C20H25N3O2. The van der Waals surface area contributed by atoms with Gasteiger partial charge in [-0.2, -0.15) is 0 Å². The van der Waals surface area contributed by atoms with E-state index in [1.165, 1.54) is 11.8 Å². The molecule has 0 saturated carbocycles. The molecule has 3 rings (SSSR count). The summed E-state index contributed by atoms with van der Waals surface area (Å²) in [6.07, 6.45) is 0. The maximum atomic E-state index is 12.3. The molecule has 0 aromatic heterocycles. The van der Waals surface area contributed by atoms with E-state index in [1.807, 2.05) is 6.92 Å². The molecule has 1 fully saturated rings. The predicted octanol–water partition coefficient (Wildman–Crippen LogP) is 2.64. The second kappa shape index (κ2) is 7.57. The number of nitrogens with zero attached hydrogens (tertiary/aromatic N) is 2. The molecule has 1 unspecified atom stereocenters. The average Bonchev–Trinajstić information content (AvgIpc) is 2.63. The molecule has 2 aromatic rings. The normalized spacial score (nSPS) is 16.5. The fourth-order valence-corrected chi connectivity index (χ4v) is 3.06. The first-order valence-electron chi connectivity index (χ1n) is 8.67. The number of phenolic OH excluding ortho intramolecular Hbond substituents is 1. The number of piperazine rings is 1. The predicted molar refractivity (Wildman–Crippen MR) is 100 cm³/mol. The summed E-state index contributed by atoms with van der Waals surface area (Å²) in [5.74, 6) is -0.272. The molecule has 1 aliphatic rings. The number of likely N-dealkylation sites (N-methyl/N-ethyl adjacent to an activating group) is 1. The van der Waals surface area contributed by atoms with Crippen LogP contribution in [0.3, 0.4) is 0 Å². The van der Waals surface area contributed by atoms with Crippen LogP contribution in [0, 0.1) is 0 Å². The number of carbonyl (C=O) groups is 1. The largest absolute Gasteiger partial charge is 0.507 e. The quantitative estimate of drug-likeness (QED) is 0.899. The summed E-state index contributed by atoms with van der Waals surface area (Å²) in [5.41, 5.74) is 2.56.